The van der Waals surface area contributed by atoms with Crippen molar-refractivity contribution >= 4 is 17.7 Å². The molecule has 1 aromatic rings. The molecule has 0 saturated heterocycles. The van der Waals surface area contributed by atoms with Crippen LogP contribution in [-0.2, 0) is 4.79 Å². The molecule has 1 heterocycles. The number of aromatic nitrogens is 2. The molecular formula is C10H9N3O3. The minimum Gasteiger partial charge on any atom is -0.476 e. The van der Waals surface area contributed by atoms with Gasteiger partial charge >= 0.3 is 5.97 Å². The van der Waals surface area contributed by atoms with Gasteiger partial charge in [-0.15, -0.1) is 12.3 Å². The van der Waals surface area contributed by atoms with Crippen LogP contribution in [0.25, 0.3) is 0 Å². The van der Waals surface area contributed by atoms with Crippen LogP contribution >= 0.6 is 0 Å². The molecule has 6 nitrogen and oxygen atoms in total. The number of amides is 1. The van der Waals surface area contributed by atoms with Crippen LogP contribution in [0.15, 0.2) is 12.4 Å². The zero-order chi connectivity index (χ0) is 12.0. The first-order valence-electron chi connectivity index (χ1n) is 4.42. The lowest BCUT2D eigenvalue weighted by Gasteiger charge is -2.04. The molecule has 0 unspecified atom stereocenters. The number of carboxylic acid groups (broad SMARTS) is 1. The first-order valence-corrected chi connectivity index (χ1v) is 4.42. The smallest absolute Gasteiger partial charge is 0.358 e. The summed E-state index contributed by atoms with van der Waals surface area (Å²) in [6.07, 6.45) is 7.93. The molecule has 0 spiro atoms. The van der Waals surface area contributed by atoms with Gasteiger partial charge < -0.3 is 10.4 Å². The first-order chi connectivity index (χ1) is 7.65. The second-order valence-electron chi connectivity index (χ2n) is 2.81. The maximum atomic E-state index is 11.3. The SMILES string of the molecule is C#CCCC(=O)Nc1nccnc1C(=O)O. The number of nitrogens with zero attached hydrogens (tertiary/aromatic N) is 2. The van der Waals surface area contributed by atoms with E-state index in [1.54, 1.807) is 0 Å². The quantitative estimate of drug-likeness (QED) is 0.720. The van der Waals surface area contributed by atoms with Crippen LogP contribution in [0, 0.1) is 12.3 Å². The van der Waals surface area contributed by atoms with Crippen molar-refractivity contribution in [3.8, 4) is 12.3 Å². The van der Waals surface area contributed by atoms with Crippen LogP contribution in [0.3, 0.4) is 0 Å². The molecule has 0 aliphatic carbocycles. The minimum absolute atomic E-state index is 0.0722. The summed E-state index contributed by atoms with van der Waals surface area (Å²) >= 11 is 0. The fourth-order valence-electron chi connectivity index (χ4n) is 0.966. The van der Waals surface area contributed by atoms with Crippen molar-refractivity contribution in [2.45, 2.75) is 12.8 Å². The van der Waals surface area contributed by atoms with Gasteiger partial charge in [0.15, 0.2) is 11.5 Å². The summed E-state index contributed by atoms with van der Waals surface area (Å²) in [6, 6.07) is 0. The van der Waals surface area contributed by atoms with Gasteiger partial charge in [-0.05, 0) is 0 Å². The van der Waals surface area contributed by atoms with Crippen LogP contribution in [0.1, 0.15) is 23.3 Å². The molecule has 16 heavy (non-hydrogen) atoms. The average molecular weight is 219 g/mol. The molecular weight excluding hydrogens is 210 g/mol. The van der Waals surface area contributed by atoms with E-state index >= 15 is 0 Å². The number of terminal acetylenes is 1. The van der Waals surface area contributed by atoms with E-state index in [0.29, 0.717) is 0 Å². The summed E-state index contributed by atoms with van der Waals surface area (Å²) in [5.74, 6) is 0.599. The normalized spacial score (nSPS) is 9.19. The molecule has 0 aromatic carbocycles. The number of anilines is 1. The van der Waals surface area contributed by atoms with Crippen molar-refractivity contribution < 1.29 is 14.7 Å². The number of carbonyl (C=O) groups is 2. The fraction of sp³-hybridized carbons (Fsp3) is 0.200. The van der Waals surface area contributed by atoms with Gasteiger partial charge in [0.1, 0.15) is 0 Å². The summed E-state index contributed by atoms with van der Waals surface area (Å²) in [6.45, 7) is 0. The third kappa shape index (κ3) is 3.06. The molecule has 2 N–H and O–H groups in total. The van der Waals surface area contributed by atoms with Crippen LogP contribution in [-0.4, -0.2) is 27.0 Å². The Kier molecular flexibility index (Phi) is 3.98. The van der Waals surface area contributed by atoms with Crippen molar-refractivity contribution in [3.63, 3.8) is 0 Å². The van der Waals surface area contributed by atoms with Gasteiger partial charge in [0.25, 0.3) is 0 Å². The van der Waals surface area contributed by atoms with E-state index in [0.717, 1.165) is 0 Å². The molecule has 1 amide bonds. The van der Waals surface area contributed by atoms with E-state index in [1.807, 2.05) is 0 Å². The topological polar surface area (TPSA) is 92.2 Å². The maximum Gasteiger partial charge on any atom is 0.358 e. The maximum absolute atomic E-state index is 11.3. The van der Waals surface area contributed by atoms with Crippen LogP contribution in [0.4, 0.5) is 5.82 Å². The van der Waals surface area contributed by atoms with Gasteiger partial charge in [-0.1, -0.05) is 0 Å². The monoisotopic (exact) mass is 219 g/mol. The van der Waals surface area contributed by atoms with Crippen LogP contribution in [0.5, 0.6) is 0 Å². The fourth-order valence-corrected chi connectivity index (χ4v) is 0.966. The van der Waals surface area contributed by atoms with Crippen molar-refractivity contribution in [2.75, 3.05) is 5.32 Å². The number of hydrogen-bond acceptors (Lipinski definition) is 4. The van der Waals surface area contributed by atoms with Gasteiger partial charge in [-0.3, -0.25) is 4.79 Å². The highest BCUT2D eigenvalue weighted by atomic mass is 16.4. The Morgan fingerprint density at radius 2 is 2.12 bits per heavy atom. The molecule has 82 valence electrons. The summed E-state index contributed by atoms with van der Waals surface area (Å²) in [5.41, 5.74) is -0.295. The number of nitrogens with one attached hydrogen (secondary N) is 1. The highest BCUT2D eigenvalue weighted by Crippen LogP contribution is 2.08. The van der Waals surface area contributed by atoms with Gasteiger partial charge in [-0.25, -0.2) is 14.8 Å². The molecule has 6 heteroatoms. The van der Waals surface area contributed by atoms with Gasteiger partial charge in [-0.2, -0.15) is 0 Å². The molecule has 0 aliphatic rings. The van der Waals surface area contributed by atoms with Crippen molar-refractivity contribution in [1.82, 2.24) is 9.97 Å². The van der Waals surface area contributed by atoms with E-state index in [4.69, 9.17) is 11.5 Å². The lowest BCUT2D eigenvalue weighted by molar-refractivity contribution is -0.116. The molecule has 0 saturated carbocycles. The molecule has 1 aromatic heterocycles. The summed E-state index contributed by atoms with van der Waals surface area (Å²) < 4.78 is 0. The number of hydrogen-bond donors (Lipinski definition) is 2. The number of aromatic carboxylic acids is 1. The predicted octanol–water partition coefficient (Wildman–Crippen LogP) is 0.527. The zero-order valence-electron chi connectivity index (χ0n) is 8.30. The van der Waals surface area contributed by atoms with Crippen LogP contribution in [0.2, 0.25) is 0 Å². The highest BCUT2D eigenvalue weighted by molar-refractivity contribution is 5.97. The molecule has 0 bridgehead atoms. The second-order valence-corrected chi connectivity index (χ2v) is 2.81. The number of rotatable bonds is 4. The van der Waals surface area contributed by atoms with Gasteiger partial charge in [0, 0.05) is 25.2 Å². The third-order valence-electron chi connectivity index (χ3n) is 1.66. The Labute approximate surface area is 91.7 Å². The predicted molar refractivity (Wildman–Crippen MR) is 55.7 cm³/mol. The Balaban J connectivity index is 2.77. The van der Waals surface area contributed by atoms with Crippen molar-refractivity contribution in [1.29, 1.82) is 0 Å². The molecule has 1 rings (SSSR count). The first kappa shape index (κ1) is 11.7. The Hall–Kier alpha value is -2.42. The van der Waals surface area contributed by atoms with Crippen LogP contribution < -0.4 is 5.32 Å². The average Bonchev–Trinajstić information content (AvgIpc) is 2.27. The molecule has 0 atom stereocenters. The van der Waals surface area contributed by atoms with Gasteiger partial charge in [0.05, 0.1) is 0 Å². The van der Waals surface area contributed by atoms with Crippen molar-refractivity contribution in [2.24, 2.45) is 0 Å². The van der Waals surface area contributed by atoms with E-state index in [2.05, 4.69) is 21.2 Å². The lowest BCUT2D eigenvalue weighted by atomic mass is 10.3. The zero-order valence-corrected chi connectivity index (χ0v) is 8.30. The molecule has 0 fully saturated rings. The van der Waals surface area contributed by atoms with E-state index in [-0.39, 0.29) is 30.3 Å². The highest BCUT2D eigenvalue weighted by Gasteiger charge is 2.14. The van der Waals surface area contributed by atoms with Crippen molar-refractivity contribution in [3.05, 3.63) is 18.1 Å². The standard InChI is InChI=1S/C10H9N3O3/c1-2-3-4-7(14)13-9-8(10(15)16)11-5-6-12-9/h1,5-6H,3-4H2,(H,15,16)(H,12,13,14). The molecule has 0 radical (unpaired) electrons. The lowest BCUT2D eigenvalue weighted by Crippen LogP contribution is -2.16. The minimum atomic E-state index is -1.25. The summed E-state index contributed by atoms with van der Waals surface area (Å²) in [5, 5.41) is 11.1. The summed E-state index contributed by atoms with van der Waals surface area (Å²) in [4.78, 5) is 29.3. The second kappa shape index (κ2) is 5.46. The molecule has 0 aliphatic heterocycles. The number of carbonyl (C=O) groups excluding carboxylic acids is 1. The Morgan fingerprint density at radius 3 is 2.75 bits per heavy atom. The largest absolute Gasteiger partial charge is 0.476 e. The van der Waals surface area contributed by atoms with E-state index in [1.165, 1.54) is 12.4 Å². The van der Waals surface area contributed by atoms with Gasteiger partial charge in [0.2, 0.25) is 5.91 Å². The number of carboxylic acids is 1. The summed E-state index contributed by atoms with van der Waals surface area (Å²) in [7, 11) is 0. The Bertz CT molecular complexity index is 451. The van der Waals surface area contributed by atoms with E-state index < -0.39 is 5.97 Å². The third-order valence-corrected chi connectivity index (χ3v) is 1.66. The Morgan fingerprint density at radius 1 is 1.44 bits per heavy atom. The van der Waals surface area contributed by atoms with E-state index in [9.17, 15) is 9.59 Å².